The topological polar surface area (TPSA) is 41.6 Å². The van der Waals surface area contributed by atoms with Gasteiger partial charge in [0.15, 0.2) is 0 Å². The van der Waals surface area contributed by atoms with E-state index in [0.717, 1.165) is 41.0 Å². The first-order valence-corrected chi connectivity index (χ1v) is 8.08. The molecule has 1 heterocycles. The third-order valence-electron chi connectivity index (χ3n) is 4.05. The largest absolute Gasteiger partial charge is 0.492 e. The number of carbonyl (C=O) groups excluding carboxylic acids is 1. The van der Waals surface area contributed by atoms with E-state index in [9.17, 15) is 4.79 Å². The molecule has 0 radical (unpaired) electrons. The Morgan fingerprint density at radius 2 is 1.88 bits per heavy atom. The summed E-state index contributed by atoms with van der Waals surface area (Å²) >= 11 is 0. The van der Waals surface area contributed by atoms with Crippen molar-refractivity contribution in [3.63, 3.8) is 0 Å². The van der Waals surface area contributed by atoms with E-state index in [-0.39, 0.29) is 6.04 Å². The molecule has 0 fully saturated rings. The van der Waals surface area contributed by atoms with Crippen molar-refractivity contribution in [2.75, 3.05) is 27.2 Å². The lowest BCUT2D eigenvalue weighted by Gasteiger charge is -2.24. The summed E-state index contributed by atoms with van der Waals surface area (Å²) in [5.41, 5.74) is 4.08. The molecule has 0 saturated heterocycles. The summed E-state index contributed by atoms with van der Waals surface area (Å²) in [6.07, 6.45) is 3.03. The first kappa shape index (κ1) is 16.3. The minimum Gasteiger partial charge on any atom is -0.492 e. The smallest absolute Gasteiger partial charge is 0.146 e. The number of hydrogen-bond acceptors (Lipinski definition) is 4. The average Bonchev–Trinajstić information content (AvgIpc) is 2.61. The van der Waals surface area contributed by atoms with Gasteiger partial charge in [-0.2, -0.15) is 0 Å². The first-order valence-electron chi connectivity index (χ1n) is 8.08. The van der Waals surface area contributed by atoms with Gasteiger partial charge in [0.2, 0.25) is 0 Å². The average molecular weight is 322 g/mol. The van der Waals surface area contributed by atoms with Crippen molar-refractivity contribution in [2.24, 2.45) is 0 Å². The molecule has 1 aliphatic rings. The molecule has 0 aliphatic carbocycles. The molecule has 0 bridgehead atoms. The van der Waals surface area contributed by atoms with Crippen LogP contribution in [0.4, 0.5) is 0 Å². The zero-order chi connectivity index (χ0) is 16.9. The summed E-state index contributed by atoms with van der Waals surface area (Å²) in [5.74, 6) is 0.851. The highest BCUT2D eigenvalue weighted by Gasteiger charge is 2.20. The molecule has 0 aromatic heterocycles. The number of aldehydes is 1. The van der Waals surface area contributed by atoms with Gasteiger partial charge in [-0.25, -0.2) is 0 Å². The normalized spacial score (nSPS) is 16.1. The van der Waals surface area contributed by atoms with Gasteiger partial charge in [0, 0.05) is 12.2 Å². The maximum Gasteiger partial charge on any atom is 0.146 e. The second kappa shape index (κ2) is 7.32. The van der Waals surface area contributed by atoms with E-state index in [1.807, 2.05) is 62.6 Å². The van der Waals surface area contributed by atoms with E-state index in [0.29, 0.717) is 6.61 Å². The van der Waals surface area contributed by atoms with Crippen LogP contribution in [0.1, 0.15) is 22.7 Å². The lowest BCUT2D eigenvalue weighted by atomic mass is 9.94. The van der Waals surface area contributed by atoms with Gasteiger partial charge in [-0.15, -0.1) is 0 Å². The van der Waals surface area contributed by atoms with Crippen molar-refractivity contribution in [3.8, 4) is 5.75 Å². The molecule has 3 rings (SSSR count). The molecule has 2 aromatic rings. The van der Waals surface area contributed by atoms with Crippen molar-refractivity contribution in [1.82, 2.24) is 10.2 Å². The van der Waals surface area contributed by atoms with Gasteiger partial charge in [0.25, 0.3) is 0 Å². The number of fused-ring (bicyclic) bond motifs is 1. The number of benzene rings is 2. The Morgan fingerprint density at radius 1 is 1.12 bits per heavy atom. The van der Waals surface area contributed by atoms with Gasteiger partial charge < -0.3 is 19.7 Å². The third-order valence-corrected chi connectivity index (χ3v) is 4.05. The highest BCUT2D eigenvalue weighted by molar-refractivity contribution is 5.87. The number of nitrogens with zero attached hydrogens (tertiary/aromatic N) is 1. The fourth-order valence-corrected chi connectivity index (χ4v) is 2.72. The number of nitrogens with one attached hydrogen (secondary N) is 1. The molecule has 1 atom stereocenters. The first-order chi connectivity index (χ1) is 11.7. The van der Waals surface area contributed by atoms with Gasteiger partial charge in [0.1, 0.15) is 24.7 Å². The van der Waals surface area contributed by atoms with Crippen LogP contribution in [0.15, 0.2) is 48.5 Å². The van der Waals surface area contributed by atoms with Crippen LogP contribution < -0.4 is 10.1 Å². The van der Waals surface area contributed by atoms with E-state index in [1.54, 1.807) is 0 Å². The zero-order valence-electron chi connectivity index (χ0n) is 14.0. The van der Waals surface area contributed by atoms with Crippen LogP contribution in [0.3, 0.4) is 0 Å². The Morgan fingerprint density at radius 3 is 2.58 bits per heavy atom. The van der Waals surface area contributed by atoms with Crippen molar-refractivity contribution in [1.29, 1.82) is 0 Å². The number of carbonyl (C=O) groups is 1. The summed E-state index contributed by atoms with van der Waals surface area (Å²) in [6, 6.07) is 15.6. The molecule has 2 aromatic carbocycles. The van der Waals surface area contributed by atoms with Crippen LogP contribution in [-0.4, -0.2) is 38.4 Å². The summed E-state index contributed by atoms with van der Waals surface area (Å²) in [6.45, 7) is 1.54. The second-order valence-corrected chi connectivity index (χ2v) is 6.12. The third kappa shape index (κ3) is 3.66. The highest BCUT2D eigenvalue weighted by atomic mass is 16.5. The number of hydrogen-bond donors (Lipinski definition) is 1. The van der Waals surface area contributed by atoms with Crippen LogP contribution >= 0.6 is 0 Å². The molecular weight excluding hydrogens is 300 g/mol. The van der Waals surface area contributed by atoms with Crippen LogP contribution in [0, 0.1) is 0 Å². The van der Waals surface area contributed by atoms with E-state index in [1.165, 1.54) is 0 Å². The second-order valence-electron chi connectivity index (χ2n) is 6.12. The van der Waals surface area contributed by atoms with Crippen LogP contribution in [0.25, 0.3) is 11.8 Å². The van der Waals surface area contributed by atoms with E-state index >= 15 is 0 Å². The van der Waals surface area contributed by atoms with Crippen molar-refractivity contribution < 1.29 is 9.53 Å². The Hall–Kier alpha value is -2.59. The molecule has 0 spiro atoms. The quantitative estimate of drug-likeness (QED) is 0.830. The van der Waals surface area contributed by atoms with Gasteiger partial charge in [-0.1, -0.05) is 24.3 Å². The predicted octanol–water partition coefficient (Wildman–Crippen LogP) is 2.97. The number of likely N-dealkylation sites (N-methyl/N-ethyl adjacent to an activating group) is 1. The molecule has 0 amide bonds. The summed E-state index contributed by atoms with van der Waals surface area (Å²) in [5, 5.41) is 3.30. The molecule has 4 heteroatoms. The molecular formula is C20H22N2O2. The predicted molar refractivity (Wildman–Crippen MR) is 96.7 cm³/mol. The maximum atomic E-state index is 11.4. The highest BCUT2D eigenvalue weighted by Crippen LogP contribution is 2.29. The Balaban J connectivity index is 1.77. The van der Waals surface area contributed by atoms with Crippen molar-refractivity contribution >= 4 is 18.1 Å². The minimum atomic E-state index is -0.308. The number of rotatable bonds is 6. The van der Waals surface area contributed by atoms with E-state index in [2.05, 4.69) is 16.3 Å². The van der Waals surface area contributed by atoms with Gasteiger partial charge >= 0.3 is 0 Å². The molecule has 1 N–H and O–H groups in total. The SMILES string of the molecule is CN(C)CCOc1ccc(C2=Cc3ccccc3C(C=O)N2)cc1. The Bertz CT molecular complexity index is 736. The standard InChI is InChI=1S/C20H22N2O2/c1-22(2)11-12-24-17-9-7-15(8-10-17)19-13-16-5-3-4-6-18(16)20(14-23)21-19/h3-10,13-14,20-21H,11-12H2,1-2H3. The van der Waals surface area contributed by atoms with Gasteiger partial charge in [-0.3, -0.25) is 0 Å². The van der Waals surface area contributed by atoms with Crippen LogP contribution in [0.5, 0.6) is 5.75 Å². The molecule has 4 nitrogen and oxygen atoms in total. The molecule has 0 saturated carbocycles. The molecule has 1 aliphatic heterocycles. The number of ether oxygens (including phenoxy) is 1. The summed E-state index contributed by atoms with van der Waals surface area (Å²) in [4.78, 5) is 13.5. The summed E-state index contributed by atoms with van der Waals surface area (Å²) < 4.78 is 5.72. The Kier molecular flexibility index (Phi) is 4.96. The van der Waals surface area contributed by atoms with Crippen molar-refractivity contribution in [2.45, 2.75) is 6.04 Å². The van der Waals surface area contributed by atoms with Crippen LogP contribution in [-0.2, 0) is 4.79 Å². The monoisotopic (exact) mass is 322 g/mol. The van der Waals surface area contributed by atoms with Crippen LogP contribution in [0.2, 0.25) is 0 Å². The van der Waals surface area contributed by atoms with E-state index in [4.69, 9.17) is 4.74 Å². The molecule has 124 valence electrons. The minimum absolute atomic E-state index is 0.308. The fraction of sp³-hybridized carbons (Fsp3) is 0.250. The lowest BCUT2D eigenvalue weighted by molar-refractivity contribution is -0.109. The molecule has 1 unspecified atom stereocenters. The fourth-order valence-electron chi connectivity index (χ4n) is 2.72. The van der Waals surface area contributed by atoms with Crippen molar-refractivity contribution in [3.05, 3.63) is 65.2 Å². The van der Waals surface area contributed by atoms with Gasteiger partial charge in [-0.05, 0) is 61.1 Å². The van der Waals surface area contributed by atoms with Gasteiger partial charge in [0.05, 0.1) is 0 Å². The Labute approximate surface area is 142 Å². The van der Waals surface area contributed by atoms with E-state index < -0.39 is 0 Å². The zero-order valence-corrected chi connectivity index (χ0v) is 14.0. The molecule has 24 heavy (non-hydrogen) atoms. The lowest BCUT2D eigenvalue weighted by Crippen LogP contribution is -2.25. The summed E-state index contributed by atoms with van der Waals surface area (Å²) in [7, 11) is 4.05. The maximum absolute atomic E-state index is 11.4.